The molecule has 3 aliphatic rings. The summed E-state index contributed by atoms with van der Waals surface area (Å²) >= 11 is 0. The van der Waals surface area contributed by atoms with Crippen LogP contribution < -0.4 is 10.6 Å². The molecule has 2 aromatic rings. The summed E-state index contributed by atoms with van der Waals surface area (Å²) in [5, 5.41) is 10.7. The van der Waals surface area contributed by atoms with Crippen molar-refractivity contribution in [1.82, 2.24) is 20.0 Å². The second kappa shape index (κ2) is 8.16. The van der Waals surface area contributed by atoms with Crippen molar-refractivity contribution in [3.8, 4) is 0 Å². The number of rotatable bonds is 5. The number of benzene rings is 1. The summed E-state index contributed by atoms with van der Waals surface area (Å²) in [5.41, 5.74) is 1.34. The average molecular weight is 396 g/mol. The maximum Gasteiger partial charge on any atom is 0.320 e. The molecule has 1 unspecified atom stereocenters. The lowest BCUT2D eigenvalue weighted by molar-refractivity contribution is 0.0557. The smallest absolute Gasteiger partial charge is 0.320 e. The van der Waals surface area contributed by atoms with Gasteiger partial charge in [0.15, 0.2) is 0 Å². The molecule has 1 aliphatic carbocycles. The van der Waals surface area contributed by atoms with Crippen LogP contribution >= 0.6 is 0 Å². The van der Waals surface area contributed by atoms with E-state index in [4.69, 9.17) is 4.74 Å². The fourth-order valence-electron chi connectivity index (χ4n) is 5.25. The van der Waals surface area contributed by atoms with Crippen molar-refractivity contribution in [1.29, 1.82) is 0 Å². The van der Waals surface area contributed by atoms with Crippen LogP contribution in [0.5, 0.6) is 0 Å². The maximum atomic E-state index is 12.8. The van der Waals surface area contributed by atoms with Crippen LogP contribution in [0.2, 0.25) is 0 Å². The Morgan fingerprint density at radius 3 is 2.90 bits per heavy atom. The predicted octanol–water partition coefficient (Wildman–Crippen LogP) is 3.02. The molecule has 1 saturated carbocycles. The van der Waals surface area contributed by atoms with Gasteiger partial charge in [0.2, 0.25) is 0 Å². The third kappa shape index (κ3) is 3.89. The molecule has 4 atom stereocenters. The van der Waals surface area contributed by atoms with Crippen molar-refractivity contribution in [3.05, 3.63) is 48.2 Å². The molecule has 154 valence electrons. The number of anilines is 1. The van der Waals surface area contributed by atoms with Crippen molar-refractivity contribution in [2.75, 3.05) is 25.1 Å². The first kappa shape index (κ1) is 18.6. The van der Waals surface area contributed by atoms with Crippen LogP contribution in [0.4, 0.5) is 10.6 Å². The molecule has 2 amide bonds. The molecule has 2 aliphatic heterocycles. The highest BCUT2D eigenvalue weighted by Gasteiger charge is 2.47. The van der Waals surface area contributed by atoms with E-state index in [0.717, 1.165) is 44.8 Å². The van der Waals surface area contributed by atoms with E-state index in [1.807, 2.05) is 10.7 Å². The van der Waals surface area contributed by atoms with Crippen LogP contribution in [0.1, 0.15) is 37.3 Å². The Morgan fingerprint density at radius 1 is 1.17 bits per heavy atom. The Hall–Kier alpha value is -2.38. The predicted molar refractivity (Wildman–Crippen MR) is 111 cm³/mol. The van der Waals surface area contributed by atoms with E-state index in [9.17, 15) is 4.79 Å². The fraction of sp³-hybridized carbons (Fsp3) is 0.545. The van der Waals surface area contributed by atoms with Crippen molar-refractivity contribution in [3.63, 3.8) is 0 Å². The van der Waals surface area contributed by atoms with Crippen LogP contribution in [0.3, 0.4) is 0 Å². The number of likely N-dealkylation sites (tertiary alicyclic amines) is 1. The number of carbonyl (C=O) groups excluding carboxylic acids is 1. The van der Waals surface area contributed by atoms with Gasteiger partial charge < -0.3 is 10.1 Å². The third-order valence-corrected chi connectivity index (χ3v) is 6.61. The lowest BCUT2D eigenvalue weighted by atomic mass is 10.1. The molecule has 7 nitrogen and oxygen atoms in total. The number of hydrogen-bond donors (Lipinski definition) is 2. The summed E-state index contributed by atoms with van der Waals surface area (Å²) in [4.78, 5) is 15.3. The van der Waals surface area contributed by atoms with E-state index < -0.39 is 0 Å². The van der Waals surface area contributed by atoms with Gasteiger partial charge in [0, 0.05) is 31.8 Å². The number of aromatic nitrogens is 2. The van der Waals surface area contributed by atoms with Crippen LogP contribution in [0.15, 0.2) is 42.6 Å². The lowest BCUT2D eigenvalue weighted by Gasteiger charge is -2.27. The molecule has 3 heterocycles. The van der Waals surface area contributed by atoms with Gasteiger partial charge in [0.1, 0.15) is 5.82 Å². The normalized spacial score (nSPS) is 29.1. The topological polar surface area (TPSA) is 71.4 Å². The first-order valence-electron chi connectivity index (χ1n) is 10.7. The van der Waals surface area contributed by atoms with Gasteiger partial charge in [0.25, 0.3) is 0 Å². The van der Waals surface area contributed by atoms with Crippen molar-refractivity contribution < 1.29 is 9.53 Å². The zero-order chi connectivity index (χ0) is 19.6. The minimum atomic E-state index is -0.132. The molecule has 2 N–H and O–H groups in total. The van der Waals surface area contributed by atoms with Crippen LogP contribution in [0.25, 0.3) is 0 Å². The first-order valence-corrected chi connectivity index (χ1v) is 10.7. The lowest BCUT2D eigenvalue weighted by Crippen LogP contribution is -2.45. The zero-order valence-corrected chi connectivity index (χ0v) is 16.7. The second-order valence-corrected chi connectivity index (χ2v) is 8.48. The number of nitrogens with zero attached hydrogens (tertiary/aromatic N) is 3. The SMILES string of the molecule is O=C(Nc1ccnn1C1CCCOC1)N[C@@H]1[C@@H]2CC[C@H]1N(Cc1ccccc1)C2. The average Bonchev–Trinajstić information content (AvgIpc) is 3.44. The van der Waals surface area contributed by atoms with Crippen LogP contribution in [-0.2, 0) is 11.3 Å². The van der Waals surface area contributed by atoms with E-state index in [0.29, 0.717) is 18.6 Å². The minimum Gasteiger partial charge on any atom is -0.379 e. The Labute approximate surface area is 171 Å². The highest BCUT2D eigenvalue weighted by Crippen LogP contribution is 2.38. The van der Waals surface area contributed by atoms with Gasteiger partial charge in [-0.1, -0.05) is 30.3 Å². The zero-order valence-electron chi connectivity index (χ0n) is 16.7. The van der Waals surface area contributed by atoms with Gasteiger partial charge in [-0.15, -0.1) is 0 Å². The monoisotopic (exact) mass is 395 g/mol. The molecular weight excluding hydrogens is 366 g/mol. The van der Waals surface area contributed by atoms with Gasteiger partial charge >= 0.3 is 6.03 Å². The van der Waals surface area contributed by atoms with Crippen LogP contribution in [-0.4, -0.2) is 52.6 Å². The molecule has 0 spiro atoms. The number of fused-ring (bicyclic) bond motifs is 2. The number of urea groups is 1. The first-order chi connectivity index (χ1) is 14.3. The summed E-state index contributed by atoms with van der Waals surface area (Å²) < 4.78 is 7.47. The van der Waals surface area contributed by atoms with Gasteiger partial charge in [-0.05, 0) is 37.2 Å². The van der Waals surface area contributed by atoms with Crippen LogP contribution in [0, 0.1) is 5.92 Å². The van der Waals surface area contributed by atoms with E-state index in [2.05, 4.69) is 51.0 Å². The van der Waals surface area contributed by atoms with E-state index in [1.165, 1.54) is 12.0 Å². The Morgan fingerprint density at radius 2 is 2.07 bits per heavy atom. The largest absolute Gasteiger partial charge is 0.379 e. The Balaban J connectivity index is 1.20. The molecule has 1 aromatic heterocycles. The Kier molecular flexibility index (Phi) is 5.24. The molecule has 5 rings (SSSR count). The molecular formula is C22H29N5O2. The third-order valence-electron chi connectivity index (χ3n) is 6.61. The summed E-state index contributed by atoms with van der Waals surface area (Å²) in [5.74, 6) is 1.27. The second-order valence-electron chi connectivity index (χ2n) is 8.48. The van der Waals surface area contributed by atoms with Gasteiger partial charge in [-0.2, -0.15) is 5.10 Å². The maximum absolute atomic E-state index is 12.8. The van der Waals surface area contributed by atoms with Gasteiger partial charge in [0.05, 0.1) is 24.9 Å². The molecule has 7 heteroatoms. The van der Waals surface area contributed by atoms with Gasteiger partial charge in [-0.25, -0.2) is 9.48 Å². The van der Waals surface area contributed by atoms with E-state index in [1.54, 1.807) is 6.20 Å². The molecule has 29 heavy (non-hydrogen) atoms. The van der Waals surface area contributed by atoms with Crippen molar-refractivity contribution in [2.24, 2.45) is 5.92 Å². The summed E-state index contributed by atoms with van der Waals surface area (Å²) in [6.07, 6.45) is 6.14. The highest BCUT2D eigenvalue weighted by atomic mass is 16.5. The van der Waals surface area contributed by atoms with E-state index in [-0.39, 0.29) is 18.1 Å². The molecule has 2 bridgehead atoms. The number of carbonyl (C=O) groups is 1. The number of piperidine rings is 1. The standard InChI is InChI=1S/C22H29N5O2/c28-22(24-20-10-11-23-27(20)18-7-4-12-29-15-18)25-21-17-8-9-19(21)26(14-17)13-16-5-2-1-3-6-16/h1-3,5-6,10-11,17-19,21H,4,7-9,12-15H2,(H2,24,25,28)/t17-,18?,19-,21-/m1/s1. The quantitative estimate of drug-likeness (QED) is 0.816. The fourth-order valence-corrected chi connectivity index (χ4v) is 5.25. The molecule has 1 aromatic carbocycles. The minimum absolute atomic E-state index is 0.132. The molecule has 2 saturated heterocycles. The number of amides is 2. The molecule has 3 fully saturated rings. The summed E-state index contributed by atoms with van der Waals surface area (Å²) in [6.45, 7) is 3.47. The highest BCUT2D eigenvalue weighted by molar-refractivity contribution is 5.88. The summed E-state index contributed by atoms with van der Waals surface area (Å²) in [6, 6.07) is 13.1. The Bertz CT molecular complexity index is 833. The number of hydrogen-bond acceptors (Lipinski definition) is 4. The van der Waals surface area contributed by atoms with Crippen molar-refractivity contribution >= 4 is 11.8 Å². The molecule has 0 radical (unpaired) electrons. The van der Waals surface area contributed by atoms with Gasteiger partial charge in [-0.3, -0.25) is 10.2 Å². The number of ether oxygens (including phenoxy) is 1. The summed E-state index contributed by atoms with van der Waals surface area (Å²) in [7, 11) is 0. The van der Waals surface area contributed by atoms with E-state index >= 15 is 0 Å². The van der Waals surface area contributed by atoms with Crippen molar-refractivity contribution in [2.45, 2.75) is 50.4 Å². The number of nitrogens with one attached hydrogen (secondary N) is 2.